The van der Waals surface area contributed by atoms with Crippen LogP contribution in [-0.2, 0) is 27.7 Å². The van der Waals surface area contributed by atoms with Crippen LogP contribution in [0.15, 0.2) is 24.3 Å². The molecule has 0 saturated heterocycles. The number of esters is 2. The number of ether oxygens (including phenoxy) is 2. The number of rotatable bonds is 8. The molecule has 2 rings (SSSR count). The minimum absolute atomic E-state index is 0.152. The maximum atomic E-state index is 13.2. The summed E-state index contributed by atoms with van der Waals surface area (Å²) in [6.45, 7) is 9.29. The highest BCUT2D eigenvalue weighted by molar-refractivity contribution is 6.30. The molecule has 0 aliphatic heterocycles. The van der Waals surface area contributed by atoms with Gasteiger partial charge in [0.05, 0.1) is 24.3 Å². The van der Waals surface area contributed by atoms with Crippen LogP contribution in [0.25, 0.3) is 0 Å². The molecule has 2 aromatic rings. The quantitative estimate of drug-likeness (QED) is 0.321. The van der Waals surface area contributed by atoms with Gasteiger partial charge in [0.25, 0.3) is 0 Å². The lowest BCUT2D eigenvalue weighted by Gasteiger charge is -2.20. The predicted octanol–water partition coefficient (Wildman–Crippen LogP) is 5.06. The molecule has 1 aromatic carbocycles. The number of unbranched alkanes of at least 4 members (excludes halogenated alkanes) is 1. The van der Waals surface area contributed by atoms with Crippen molar-refractivity contribution in [2.24, 2.45) is 7.05 Å². The molecule has 0 atom stereocenters. The van der Waals surface area contributed by atoms with E-state index < -0.39 is 17.5 Å². The summed E-state index contributed by atoms with van der Waals surface area (Å²) in [7, 11) is 1.67. The molecule has 0 amide bonds. The van der Waals surface area contributed by atoms with Crippen molar-refractivity contribution < 1.29 is 23.9 Å². The van der Waals surface area contributed by atoms with Crippen molar-refractivity contribution in [2.75, 3.05) is 6.61 Å². The second-order valence-electron chi connectivity index (χ2n) is 8.44. The Labute approximate surface area is 188 Å². The molecule has 1 aromatic heterocycles. The number of aromatic nitrogens is 1. The average molecular weight is 448 g/mol. The summed E-state index contributed by atoms with van der Waals surface area (Å²) in [6, 6.07) is 6.52. The van der Waals surface area contributed by atoms with Crippen LogP contribution in [0.1, 0.15) is 78.2 Å². The summed E-state index contributed by atoms with van der Waals surface area (Å²) in [5.74, 6) is -1.30. The molecule has 0 N–H and O–H groups in total. The maximum Gasteiger partial charge on any atom is 0.340 e. The number of carbonyl (C=O) groups excluding carboxylic acids is 3. The van der Waals surface area contributed by atoms with E-state index in [4.69, 9.17) is 21.1 Å². The zero-order valence-electron chi connectivity index (χ0n) is 19.0. The van der Waals surface area contributed by atoms with Crippen molar-refractivity contribution in [3.05, 3.63) is 57.4 Å². The summed E-state index contributed by atoms with van der Waals surface area (Å²) >= 11 is 5.94. The lowest BCUT2D eigenvalue weighted by molar-refractivity contribution is -0.154. The molecule has 168 valence electrons. The first-order valence-corrected chi connectivity index (χ1v) is 10.7. The Bertz CT molecular complexity index is 967. The highest BCUT2D eigenvalue weighted by Crippen LogP contribution is 2.27. The Hall–Kier alpha value is -2.60. The van der Waals surface area contributed by atoms with Gasteiger partial charge in [-0.15, -0.1) is 0 Å². The minimum Gasteiger partial charge on any atom is -0.462 e. The fourth-order valence-electron chi connectivity index (χ4n) is 3.32. The molecule has 0 fully saturated rings. The molecule has 0 spiro atoms. The van der Waals surface area contributed by atoms with Crippen molar-refractivity contribution in [2.45, 2.75) is 59.5 Å². The van der Waals surface area contributed by atoms with E-state index in [0.717, 1.165) is 12.8 Å². The van der Waals surface area contributed by atoms with Crippen LogP contribution in [0.5, 0.6) is 0 Å². The molecular formula is C24H30ClNO5. The smallest absolute Gasteiger partial charge is 0.340 e. The van der Waals surface area contributed by atoms with Gasteiger partial charge in [-0.1, -0.05) is 24.9 Å². The molecule has 0 radical (unpaired) electrons. The highest BCUT2D eigenvalue weighted by Gasteiger charge is 2.30. The van der Waals surface area contributed by atoms with E-state index >= 15 is 0 Å². The van der Waals surface area contributed by atoms with E-state index in [1.54, 1.807) is 63.6 Å². The first-order chi connectivity index (χ1) is 14.5. The Kier molecular flexibility index (Phi) is 8.07. The minimum atomic E-state index is -0.666. The molecule has 1 heterocycles. The fraction of sp³-hybridized carbons (Fsp3) is 0.458. The Balaban J connectivity index is 2.51. The van der Waals surface area contributed by atoms with Crippen LogP contribution in [0.4, 0.5) is 0 Å². The zero-order chi connectivity index (χ0) is 23.3. The molecule has 6 nitrogen and oxygen atoms in total. The van der Waals surface area contributed by atoms with Crippen molar-refractivity contribution in [1.29, 1.82) is 0 Å². The number of halogens is 1. The Morgan fingerprint density at radius 1 is 1.10 bits per heavy atom. The maximum absolute atomic E-state index is 13.2. The molecule has 0 saturated carbocycles. The van der Waals surface area contributed by atoms with Gasteiger partial charge >= 0.3 is 11.9 Å². The van der Waals surface area contributed by atoms with Gasteiger partial charge in [-0.3, -0.25) is 9.59 Å². The van der Waals surface area contributed by atoms with Crippen LogP contribution in [0.2, 0.25) is 5.02 Å². The van der Waals surface area contributed by atoms with Crippen LogP contribution >= 0.6 is 11.6 Å². The number of nitrogens with zero attached hydrogens (tertiary/aromatic N) is 1. The van der Waals surface area contributed by atoms with Crippen molar-refractivity contribution in [1.82, 2.24) is 4.57 Å². The molecule has 0 aliphatic carbocycles. The first-order valence-electron chi connectivity index (χ1n) is 10.3. The Morgan fingerprint density at radius 3 is 2.26 bits per heavy atom. The highest BCUT2D eigenvalue weighted by atomic mass is 35.5. The van der Waals surface area contributed by atoms with Crippen LogP contribution < -0.4 is 0 Å². The predicted molar refractivity (Wildman–Crippen MR) is 120 cm³/mol. The lowest BCUT2D eigenvalue weighted by atomic mass is 10.0. The van der Waals surface area contributed by atoms with E-state index in [2.05, 4.69) is 0 Å². The zero-order valence-corrected chi connectivity index (χ0v) is 19.8. The van der Waals surface area contributed by atoms with E-state index in [-0.39, 0.29) is 24.4 Å². The third kappa shape index (κ3) is 6.20. The summed E-state index contributed by atoms with van der Waals surface area (Å²) in [5, 5.41) is 0.519. The first kappa shape index (κ1) is 24.7. The third-order valence-electron chi connectivity index (χ3n) is 4.75. The summed E-state index contributed by atoms with van der Waals surface area (Å²) in [5.41, 5.74) is 1.20. The second kappa shape index (κ2) is 10.1. The molecule has 0 aliphatic rings. The summed E-state index contributed by atoms with van der Waals surface area (Å²) < 4.78 is 12.4. The van der Waals surface area contributed by atoms with Crippen LogP contribution in [0, 0.1) is 6.92 Å². The summed E-state index contributed by atoms with van der Waals surface area (Å²) in [6.07, 6.45) is 1.46. The van der Waals surface area contributed by atoms with Gasteiger partial charge in [-0.2, -0.15) is 0 Å². The number of carbonyl (C=O) groups is 3. The third-order valence-corrected chi connectivity index (χ3v) is 5.00. The van der Waals surface area contributed by atoms with Gasteiger partial charge < -0.3 is 14.0 Å². The van der Waals surface area contributed by atoms with Gasteiger partial charge in [0.2, 0.25) is 5.78 Å². The molecular weight excluding hydrogens is 418 g/mol. The van der Waals surface area contributed by atoms with E-state index in [1.165, 1.54) is 0 Å². The number of hydrogen-bond acceptors (Lipinski definition) is 5. The Morgan fingerprint density at radius 2 is 1.71 bits per heavy atom. The van der Waals surface area contributed by atoms with Crippen molar-refractivity contribution in [3.63, 3.8) is 0 Å². The molecule has 0 unspecified atom stereocenters. The number of ketones is 1. The fourth-order valence-corrected chi connectivity index (χ4v) is 3.45. The monoisotopic (exact) mass is 447 g/mol. The SMILES string of the molecule is CCCCOC(=O)c1c(C)c(C(=O)c2ccc(Cl)cc2)n(C)c1CC(=O)OC(C)(C)C. The van der Waals surface area contributed by atoms with E-state index in [1.807, 2.05) is 6.92 Å². The lowest BCUT2D eigenvalue weighted by Crippen LogP contribution is -2.26. The van der Waals surface area contributed by atoms with E-state index in [9.17, 15) is 14.4 Å². The van der Waals surface area contributed by atoms with Crippen LogP contribution in [-0.4, -0.2) is 34.5 Å². The van der Waals surface area contributed by atoms with Gasteiger partial charge in [0.15, 0.2) is 0 Å². The topological polar surface area (TPSA) is 74.6 Å². The van der Waals surface area contributed by atoms with Crippen LogP contribution in [0.3, 0.4) is 0 Å². The van der Waals surface area contributed by atoms with Crippen molar-refractivity contribution in [3.8, 4) is 0 Å². The summed E-state index contributed by atoms with van der Waals surface area (Å²) in [4.78, 5) is 38.6. The standard InChI is InChI=1S/C24H30ClNO5/c1-7-8-13-30-23(29)20-15(2)21(22(28)16-9-11-17(25)12-10-16)26(6)18(20)14-19(27)31-24(3,4)5/h9-12H,7-8,13-14H2,1-6H3. The number of hydrogen-bond donors (Lipinski definition) is 0. The van der Waals surface area contributed by atoms with Gasteiger partial charge in [0.1, 0.15) is 5.60 Å². The second-order valence-corrected chi connectivity index (χ2v) is 8.88. The largest absolute Gasteiger partial charge is 0.462 e. The van der Waals surface area contributed by atoms with Crippen molar-refractivity contribution >= 4 is 29.3 Å². The average Bonchev–Trinajstić information content (AvgIpc) is 2.90. The van der Waals surface area contributed by atoms with Gasteiger partial charge in [-0.05, 0) is 63.9 Å². The van der Waals surface area contributed by atoms with Gasteiger partial charge in [0, 0.05) is 23.3 Å². The van der Waals surface area contributed by atoms with Gasteiger partial charge in [-0.25, -0.2) is 4.79 Å². The molecule has 31 heavy (non-hydrogen) atoms. The van der Waals surface area contributed by atoms with E-state index in [0.29, 0.717) is 27.5 Å². The number of benzene rings is 1. The normalized spacial score (nSPS) is 11.3. The molecule has 7 heteroatoms. The molecule has 0 bridgehead atoms.